The zero-order valence-electron chi connectivity index (χ0n) is 16.5. The zero-order valence-corrected chi connectivity index (χ0v) is 16.5. The van der Waals surface area contributed by atoms with E-state index in [0.29, 0.717) is 17.8 Å². The van der Waals surface area contributed by atoms with Crippen LogP contribution in [0.2, 0.25) is 0 Å². The second kappa shape index (κ2) is 7.22. The molecule has 2 aromatic heterocycles. The van der Waals surface area contributed by atoms with E-state index in [1.165, 1.54) is 17.2 Å². The molecule has 31 heavy (non-hydrogen) atoms. The first-order chi connectivity index (χ1) is 14.9. The van der Waals surface area contributed by atoms with Gasteiger partial charge in [0.15, 0.2) is 17.3 Å². The first-order valence-corrected chi connectivity index (χ1v) is 9.79. The van der Waals surface area contributed by atoms with E-state index in [0.717, 1.165) is 16.6 Å². The molecule has 0 spiro atoms. The summed E-state index contributed by atoms with van der Waals surface area (Å²) in [5.74, 6) is -2.09. The number of amides is 2. The number of halogens is 2. The number of anilines is 1. The van der Waals surface area contributed by atoms with Crippen molar-refractivity contribution in [1.29, 1.82) is 0 Å². The molecule has 2 amide bonds. The van der Waals surface area contributed by atoms with Gasteiger partial charge >= 0.3 is 0 Å². The highest BCUT2D eigenvalue weighted by Gasteiger charge is 2.53. The van der Waals surface area contributed by atoms with Crippen molar-refractivity contribution in [3.63, 3.8) is 0 Å². The molecule has 1 fully saturated rings. The van der Waals surface area contributed by atoms with Gasteiger partial charge in [-0.05, 0) is 18.4 Å². The number of nitrogens with zero attached hydrogens (tertiary/aromatic N) is 5. The zero-order chi connectivity index (χ0) is 21.7. The molecule has 5 rings (SSSR count). The minimum absolute atomic E-state index is 0.00589. The molecule has 0 radical (unpaired) electrons. The van der Waals surface area contributed by atoms with Crippen LogP contribution < -0.4 is 10.2 Å². The van der Waals surface area contributed by atoms with E-state index in [4.69, 9.17) is 0 Å². The molecule has 0 saturated heterocycles. The summed E-state index contributed by atoms with van der Waals surface area (Å²) in [7, 11) is 1.57. The Morgan fingerprint density at radius 2 is 1.97 bits per heavy atom. The number of benzene rings is 1. The average Bonchev–Trinajstić information content (AvgIpc) is 3.48. The maximum absolute atomic E-state index is 14.4. The van der Waals surface area contributed by atoms with Crippen LogP contribution in [0.25, 0.3) is 0 Å². The molecule has 1 aliphatic heterocycles. The highest BCUT2D eigenvalue weighted by atomic mass is 19.1. The Kier molecular flexibility index (Phi) is 4.49. The molecule has 0 unspecified atom stereocenters. The third kappa shape index (κ3) is 3.33. The Labute approximate surface area is 175 Å². The SMILES string of the molecule is CN1C(=O)[C@H](NC(=O)c2nn(Cc3ccccc3F)cc2F)[C@@H]2C[C@@H]2c2nccnc21. The van der Waals surface area contributed by atoms with Crippen molar-refractivity contribution in [2.45, 2.75) is 24.9 Å². The van der Waals surface area contributed by atoms with Crippen molar-refractivity contribution in [2.24, 2.45) is 5.92 Å². The highest BCUT2D eigenvalue weighted by Crippen LogP contribution is 2.53. The summed E-state index contributed by atoms with van der Waals surface area (Å²) < 4.78 is 29.5. The fourth-order valence-corrected chi connectivity index (χ4v) is 4.07. The number of carbonyl (C=O) groups is 2. The first-order valence-electron chi connectivity index (χ1n) is 9.79. The fraction of sp³-hybridized carbons (Fsp3) is 0.286. The van der Waals surface area contributed by atoms with Crippen LogP contribution in [0.15, 0.2) is 42.9 Å². The molecule has 158 valence electrons. The number of aromatic nitrogens is 4. The van der Waals surface area contributed by atoms with Gasteiger partial charge in [0.1, 0.15) is 11.9 Å². The van der Waals surface area contributed by atoms with Crippen molar-refractivity contribution < 1.29 is 18.4 Å². The smallest absolute Gasteiger partial charge is 0.275 e. The van der Waals surface area contributed by atoms with Crippen molar-refractivity contribution in [2.75, 3.05) is 11.9 Å². The Hall–Kier alpha value is -3.69. The van der Waals surface area contributed by atoms with E-state index in [2.05, 4.69) is 20.4 Å². The lowest BCUT2D eigenvalue weighted by Crippen LogP contribution is -2.48. The van der Waals surface area contributed by atoms with Gasteiger partial charge in [-0.15, -0.1) is 0 Å². The quantitative estimate of drug-likeness (QED) is 0.690. The summed E-state index contributed by atoms with van der Waals surface area (Å²) in [5, 5.41) is 6.61. The summed E-state index contributed by atoms with van der Waals surface area (Å²) >= 11 is 0. The molecule has 3 aromatic rings. The van der Waals surface area contributed by atoms with Crippen LogP contribution in [0.3, 0.4) is 0 Å². The van der Waals surface area contributed by atoms with Gasteiger partial charge in [0.2, 0.25) is 0 Å². The third-order valence-electron chi connectivity index (χ3n) is 5.75. The van der Waals surface area contributed by atoms with Gasteiger partial charge in [0, 0.05) is 30.9 Å². The lowest BCUT2D eigenvalue weighted by Gasteiger charge is -2.22. The molecule has 3 heterocycles. The Bertz CT molecular complexity index is 1200. The molecule has 2 aliphatic rings. The predicted molar refractivity (Wildman–Crippen MR) is 105 cm³/mol. The average molecular weight is 424 g/mol. The minimum atomic E-state index is -0.845. The number of carbonyl (C=O) groups excluding carboxylic acids is 2. The van der Waals surface area contributed by atoms with Gasteiger partial charge in [-0.1, -0.05) is 18.2 Å². The normalized spacial score (nSPS) is 21.8. The van der Waals surface area contributed by atoms with E-state index in [1.54, 1.807) is 31.4 Å². The molecule has 0 bridgehead atoms. The number of hydrogen-bond donors (Lipinski definition) is 1. The Morgan fingerprint density at radius 3 is 2.77 bits per heavy atom. The van der Waals surface area contributed by atoms with Crippen LogP contribution in [0.4, 0.5) is 14.6 Å². The second-order valence-electron chi connectivity index (χ2n) is 7.73. The first kappa shape index (κ1) is 19.3. The topological polar surface area (TPSA) is 93.0 Å². The number of hydrogen-bond acceptors (Lipinski definition) is 5. The Morgan fingerprint density at radius 1 is 1.19 bits per heavy atom. The van der Waals surface area contributed by atoms with Gasteiger partial charge < -0.3 is 5.32 Å². The molecule has 8 nitrogen and oxygen atoms in total. The van der Waals surface area contributed by atoms with Gasteiger partial charge in [0.05, 0.1) is 18.4 Å². The van der Waals surface area contributed by atoms with E-state index < -0.39 is 29.3 Å². The van der Waals surface area contributed by atoms with Crippen LogP contribution in [-0.2, 0) is 11.3 Å². The summed E-state index contributed by atoms with van der Waals surface area (Å²) in [6, 6.07) is 5.23. The van der Waals surface area contributed by atoms with E-state index in [9.17, 15) is 18.4 Å². The van der Waals surface area contributed by atoms with E-state index >= 15 is 0 Å². The molecule has 10 heteroatoms. The molecular formula is C21H18F2N6O2. The summed E-state index contributed by atoms with van der Waals surface area (Å²) in [6.45, 7) is -0.0285. The third-order valence-corrected chi connectivity index (χ3v) is 5.75. The molecule has 1 aromatic carbocycles. The van der Waals surface area contributed by atoms with Crippen LogP contribution in [-0.4, -0.2) is 44.7 Å². The maximum atomic E-state index is 14.4. The lowest BCUT2D eigenvalue weighted by molar-refractivity contribution is -0.120. The van der Waals surface area contributed by atoms with Crippen LogP contribution in [0, 0.1) is 17.6 Å². The largest absolute Gasteiger partial charge is 0.338 e. The fourth-order valence-electron chi connectivity index (χ4n) is 4.07. The molecule has 1 saturated carbocycles. The molecule has 1 aliphatic carbocycles. The number of rotatable bonds is 4. The van der Waals surface area contributed by atoms with Crippen LogP contribution in [0.1, 0.15) is 34.1 Å². The molecule has 3 atom stereocenters. The predicted octanol–water partition coefficient (Wildman–Crippen LogP) is 1.88. The lowest BCUT2D eigenvalue weighted by atomic mass is 10.1. The minimum Gasteiger partial charge on any atom is -0.338 e. The molecular weight excluding hydrogens is 406 g/mol. The summed E-state index contributed by atoms with van der Waals surface area (Å²) in [4.78, 5) is 35.7. The van der Waals surface area contributed by atoms with Crippen molar-refractivity contribution in [3.05, 3.63) is 71.4 Å². The van der Waals surface area contributed by atoms with Crippen molar-refractivity contribution >= 4 is 17.6 Å². The van der Waals surface area contributed by atoms with Gasteiger partial charge in [-0.3, -0.25) is 24.2 Å². The van der Waals surface area contributed by atoms with Crippen molar-refractivity contribution in [3.8, 4) is 0 Å². The molecule has 1 N–H and O–H groups in total. The highest BCUT2D eigenvalue weighted by molar-refractivity contribution is 6.02. The Balaban J connectivity index is 1.36. The van der Waals surface area contributed by atoms with Crippen LogP contribution >= 0.6 is 0 Å². The van der Waals surface area contributed by atoms with Crippen LogP contribution in [0.5, 0.6) is 0 Å². The van der Waals surface area contributed by atoms with Gasteiger partial charge in [-0.25, -0.2) is 13.8 Å². The van der Waals surface area contributed by atoms with Gasteiger partial charge in [0.25, 0.3) is 11.8 Å². The second-order valence-corrected chi connectivity index (χ2v) is 7.73. The summed E-state index contributed by atoms with van der Waals surface area (Å²) in [5.41, 5.74) is 0.596. The van der Waals surface area contributed by atoms with E-state index in [-0.39, 0.29) is 24.3 Å². The van der Waals surface area contributed by atoms with Gasteiger partial charge in [-0.2, -0.15) is 5.10 Å². The monoisotopic (exact) mass is 424 g/mol. The maximum Gasteiger partial charge on any atom is 0.275 e. The number of likely N-dealkylation sites (N-methyl/N-ethyl adjacent to an activating group) is 1. The number of fused-ring (bicyclic) bond motifs is 3. The summed E-state index contributed by atoms with van der Waals surface area (Å²) in [6.07, 6.45) is 4.80. The van der Waals surface area contributed by atoms with E-state index in [1.807, 2.05) is 0 Å². The number of nitrogens with one attached hydrogen (secondary N) is 1. The standard InChI is InChI=1S/C21H18F2N6O2/c1-28-19-16(24-6-7-25-19)12-8-13(12)17(21(28)31)26-20(30)18-15(23)10-29(27-18)9-11-4-2-3-5-14(11)22/h2-7,10,12-13,17H,8-9H2,1H3,(H,26,30)/t12-,13+,17+/m0/s1. The van der Waals surface area contributed by atoms with Crippen molar-refractivity contribution in [1.82, 2.24) is 25.1 Å².